The first-order valence-corrected chi connectivity index (χ1v) is 8.48. The monoisotopic (exact) mass is 353 g/mol. The Bertz CT molecular complexity index is 906. The van der Waals surface area contributed by atoms with Crippen molar-refractivity contribution in [3.8, 4) is 11.4 Å². The van der Waals surface area contributed by atoms with Gasteiger partial charge in [0.1, 0.15) is 5.69 Å². The van der Waals surface area contributed by atoms with E-state index in [1.165, 1.54) is 0 Å². The molecule has 0 saturated heterocycles. The lowest BCUT2D eigenvalue weighted by Gasteiger charge is -2.22. The molecule has 0 fully saturated rings. The van der Waals surface area contributed by atoms with Crippen LogP contribution in [0.1, 0.15) is 28.3 Å². The Labute approximate surface area is 149 Å². The summed E-state index contributed by atoms with van der Waals surface area (Å²) in [4.78, 5) is 28.6. The molecular formula is C18H16ClN5O. The first-order chi connectivity index (χ1) is 12.2. The van der Waals surface area contributed by atoms with Crippen molar-refractivity contribution in [1.29, 1.82) is 0 Å². The SMILES string of the molecule is O=C(NC1CCc2nc[nH]c2C1)c1ccnc(-c2ccc(Cl)cc2)n1. The van der Waals surface area contributed by atoms with Gasteiger partial charge in [0.05, 0.1) is 12.0 Å². The van der Waals surface area contributed by atoms with Crippen molar-refractivity contribution in [3.05, 3.63) is 65.0 Å². The van der Waals surface area contributed by atoms with Crippen LogP contribution in [-0.4, -0.2) is 31.9 Å². The summed E-state index contributed by atoms with van der Waals surface area (Å²) in [5.74, 6) is 0.314. The molecule has 0 radical (unpaired) electrons. The molecule has 2 N–H and O–H groups in total. The standard InChI is InChI=1S/C18H16ClN5O/c19-12-3-1-11(2-4-12)17-20-8-7-15(24-17)18(25)23-13-5-6-14-16(9-13)22-10-21-14/h1-4,7-8,10,13H,5-6,9H2,(H,21,22)(H,23,25). The van der Waals surface area contributed by atoms with Gasteiger partial charge in [-0.3, -0.25) is 4.79 Å². The zero-order valence-corrected chi connectivity index (χ0v) is 14.1. The fraction of sp³-hybridized carbons (Fsp3) is 0.222. The fourth-order valence-electron chi connectivity index (χ4n) is 3.01. The van der Waals surface area contributed by atoms with Gasteiger partial charge in [0.2, 0.25) is 0 Å². The first kappa shape index (κ1) is 15.8. The van der Waals surface area contributed by atoms with E-state index in [1.807, 2.05) is 12.1 Å². The van der Waals surface area contributed by atoms with Gasteiger partial charge < -0.3 is 10.3 Å². The lowest BCUT2D eigenvalue weighted by molar-refractivity contribution is 0.0928. The summed E-state index contributed by atoms with van der Waals surface area (Å²) >= 11 is 5.91. The molecule has 3 aromatic rings. The second-order valence-electron chi connectivity index (χ2n) is 6.01. The van der Waals surface area contributed by atoms with Crippen molar-refractivity contribution in [2.24, 2.45) is 0 Å². The Morgan fingerprint density at radius 3 is 2.88 bits per heavy atom. The Morgan fingerprint density at radius 1 is 1.20 bits per heavy atom. The number of nitrogens with one attached hydrogen (secondary N) is 2. The number of aromatic amines is 1. The van der Waals surface area contributed by atoms with E-state index in [9.17, 15) is 4.79 Å². The average molecular weight is 354 g/mol. The van der Waals surface area contributed by atoms with Crippen LogP contribution in [0.25, 0.3) is 11.4 Å². The molecule has 0 saturated carbocycles. The predicted octanol–water partition coefficient (Wildman–Crippen LogP) is 2.81. The molecule has 6 nitrogen and oxygen atoms in total. The molecular weight excluding hydrogens is 338 g/mol. The Hall–Kier alpha value is -2.73. The molecule has 2 heterocycles. The minimum atomic E-state index is -0.189. The first-order valence-electron chi connectivity index (χ1n) is 8.10. The summed E-state index contributed by atoms with van der Waals surface area (Å²) in [6.07, 6.45) is 5.80. The summed E-state index contributed by atoms with van der Waals surface area (Å²) < 4.78 is 0. The molecule has 0 spiro atoms. The second-order valence-corrected chi connectivity index (χ2v) is 6.45. The van der Waals surface area contributed by atoms with Crippen LogP contribution in [0.4, 0.5) is 0 Å². The zero-order valence-electron chi connectivity index (χ0n) is 13.4. The van der Waals surface area contributed by atoms with E-state index in [1.54, 1.807) is 30.7 Å². The van der Waals surface area contributed by atoms with E-state index in [4.69, 9.17) is 11.6 Å². The molecule has 4 rings (SSSR count). The number of amides is 1. The largest absolute Gasteiger partial charge is 0.348 e. The van der Waals surface area contributed by atoms with E-state index < -0.39 is 0 Å². The van der Waals surface area contributed by atoms with Crippen LogP contribution in [0.3, 0.4) is 0 Å². The highest BCUT2D eigenvalue weighted by molar-refractivity contribution is 6.30. The summed E-state index contributed by atoms with van der Waals surface area (Å²) in [7, 11) is 0. The summed E-state index contributed by atoms with van der Waals surface area (Å²) in [6.45, 7) is 0. The lowest BCUT2D eigenvalue weighted by Crippen LogP contribution is -2.39. The number of nitrogens with zero attached hydrogens (tertiary/aromatic N) is 3. The highest BCUT2D eigenvalue weighted by atomic mass is 35.5. The van der Waals surface area contributed by atoms with Gasteiger partial charge in [0.25, 0.3) is 5.91 Å². The number of aryl methyl sites for hydroxylation is 1. The number of fused-ring (bicyclic) bond motifs is 1. The molecule has 7 heteroatoms. The molecule has 0 bridgehead atoms. The maximum absolute atomic E-state index is 12.6. The van der Waals surface area contributed by atoms with Gasteiger partial charge in [0, 0.05) is 34.9 Å². The number of carbonyl (C=O) groups excluding carboxylic acids is 1. The van der Waals surface area contributed by atoms with E-state index in [2.05, 4.69) is 25.3 Å². The molecule has 1 amide bonds. The number of aromatic nitrogens is 4. The Morgan fingerprint density at radius 2 is 2.04 bits per heavy atom. The smallest absolute Gasteiger partial charge is 0.270 e. The van der Waals surface area contributed by atoms with Crippen LogP contribution in [0.15, 0.2) is 42.9 Å². The van der Waals surface area contributed by atoms with Crippen molar-refractivity contribution in [2.75, 3.05) is 0 Å². The third-order valence-electron chi connectivity index (χ3n) is 4.31. The van der Waals surface area contributed by atoms with Gasteiger partial charge in [-0.15, -0.1) is 0 Å². The second kappa shape index (κ2) is 6.64. The van der Waals surface area contributed by atoms with Gasteiger partial charge in [0.15, 0.2) is 5.82 Å². The van der Waals surface area contributed by atoms with Crippen molar-refractivity contribution in [3.63, 3.8) is 0 Å². The predicted molar refractivity (Wildman–Crippen MR) is 94.3 cm³/mol. The van der Waals surface area contributed by atoms with Crippen LogP contribution in [0, 0.1) is 0 Å². The zero-order chi connectivity index (χ0) is 17.2. The molecule has 1 unspecified atom stereocenters. The summed E-state index contributed by atoms with van der Waals surface area (Å²) in [5.41, 5.74) is 3.37. The van der Waals surface area contributed by atoms with Gasteiger partial charge in [-0.05, 0) is 43.2 Å². The van der Waals surface area contributed by atoms with E-state index in [0.29, 0.717) is 16.5 Å². The van der Waals surface area contributed by atoms with E-state index >= 15 is 0 Å². The van der Waals surface area contributed by atoms with Gasteiger partial charge >= 0.3 is 0 Å². The number of carbonyl (C=O) groups is 1. The van der Waals surface area contributed by atoms with Crippen molar-refractivity contribution >= 4 is 17.5 Å². The van der Waals surface area contributed by atoms with E-state index in [-0.39, 0.29) is 11.9 Å². The number of benzene rings is 1. The maximum Gasteiger partial charge on any atom is 0.270 e. The highest BCUT2D eigenvalue weighted by Crippen LogP contribution is 2.19. The van der Waals surface area contributed by atoms with Crippen LogP contribution < -0.4 is 5.32 Å². The Balaban J connectivity index is 1.49. The minimum Gasteiger partial charge on any atom is -0.348 e. The molecule has 2 aromatic heterocycles. The summed E-state index contributed by atoms with van der Waals surface area (Å²) in [6, 6.07) is 8.92. The number of imidazole rings is 1. The lowest BCUT2D eigenvalue weighted by atomic mass is 9.96. The summed E-state index contributed by atoms with van der Waals surface area (Å²) in [5, 5.41) is 3.70. The minimum absolute atomic E-state index is 0.0781. The third-order valence-corrected chi connectivity index (χ3v) is 4.57. The highest BCUT2D eigenvalue weighted by Gasteiger charge is 2.23. The van der Waals surface area contributed by atoms with Gasteiger partial charge in [-0.1, -0.05) is 11.6 Å². The molecule has 25 heavy (non-hydrogen) atoms. The molecule has 1 atom stereocenters. The normalized spacial score (nSPS) is 16.3. The van der Waals surface area contributed by atoms with Crippen molar-refractivity contribution in [1.82, 2.24) is 25.3 Å². The molecule has 126 valence electrons. The van der Waals surface area contributed by atoms with Crippen molar-refractivity contribution < 1.29 is 4.79 Å². The number of H-pyrrole nitrogens is 1. The van der Waals surface area contributed by atoms with E-state index in [0.717, 1.165) is 36.2 Å². The van der Waals surface area contributed by atoms with Crippen LogP contribution in [0.5, 0.6) is 0 Å². The topological polar surface area (TPSA) is 83.6 Å². The third kappa shape index (κ3) is 3.39. The van der Waals surface area contributed by atoms with Gasteiger partial charge in [-0.25, -0.2) is 15.0 Å². The van der Waals surface area contributed by atoms with Crippen molar-refractivity contribution in [2.45, 2.75) is 25.3 Å². The molecule has 0 aliphatic heterocycles. The number of hydrogen-bond acceptors (Lipinski definition) is 4. The van der Waals surface area contributed by atoms with Crippen LogP contribution >= 0.6 is 11.6 Å². The fourth-order valence-corrected chi connectivity index (χ4v) is 3.13. The van der Waals surface area contributed by atoms with Crippen LogP contribution in [-0.2, 0) is 12.8 Å². The number of halogens is 1. The van der Waals surface area contributed by atoms with Gasteiger partial charge in [-0.2, -0.15) is 0 Å². The quantitative estimate of drug-likeness (QED) is 0.758. The average Bonchev–Trinajstić information content (AvgIpc) is 3.10. The Kier molecular flexibility index (Phi) is 4.19. The molecule has 1 aliphatic rings. The number of rotatable bonds is 3. The number of hydrogen-bond donors (Lipinski definition) is 2. The molecule has 1 aromatic carbocycles. The molecule has 1 aliphatic carbocycles. The van der Waals surface area contributed by atoms with Crippen LogP contribution in [0.2, 0.25) is 5.02 Å². The maximum atomic E-state index is 12.6.